The summed E-state index contributed by atoms with van der Waals surface area (Å²) in [5, 5.41) is 3.53. The van der Waals surface area contributed by atoms with Crippen LogP contribution in [-0.4, -0.2) is 18.8 Å². The van der Waals surface area contributed by atoms with Gasteiger partial charge in [0.25, 0.3) is 0 Å². The maximum Gasteiger partial charge on any atom is 0.123 e. The van der Waals surface area contributed by atoms with Crippen LogP contribution in [0.25, 0.3) is 0 Å². The molecule has 1 fully saturated rings. The van der Waals surface area contributed by atoms with E-state index >= 15 is 0 Å². The molecule has 0 aromatic heterocycles. The maximum absolute atomic E-state index is 13.0. The molecular formula is C14H20FNO. The normalized spacial score (nSPS) is 24.9. The largest absolute Gasteiger partial charge is 0.378 e. The number of hydrogen-bond donors (Lipinski definition) is 1. The molecule has 0 aliphatic carbocycles. The monoisotopic (exact) mass is 237 g/mol. The average molecular weight is 237 g/mol. The van der Waals surface area contributed by atoms with Gasteiger partial charge >= 0.3 is 0 Å². The van der Waals surface area contributed by atoms with Crippen molar-refractivity contribution < 1.29 is 9.13 Å². The van der Waals surface area contributed by atoms with Crippen molar-refractivity contribution in [3.8, 4) is 0 Å². The summed E-state index contributed by atoms with van der Waals surface area (Å²) in [6, 6.07) is 5.49. The smallest absolute Gasteiger partial charge is 0.123 e. The standard InChI is InChI=1S/C14H20FNO/c1-10-7-13(15)4-3-12(10)9-16-14-5-6-17-11(2)8-14/h3-4,7,11,14,16H,5-6,8-9H2,1-2H3. The minimum absolute atomic E-state index is 0.161. The second-order valence-electron chi connectivity index (χ2n) is 4.85. The number of rotatable bonds is 3. The molecular weight excluding hydrogens is 217 g/mol. The van der Waals surface area contributed by atoms with E-state index in [9.17, 15) is 4.39 Å². The molecule has 17 heavy (non-hydrogen) atoms. The van der Waals surface area contributed by atoms with Crippen LogP contribution in [0.2, 0.25) is 0 Å². The Kier molecular flexibility index (Phi) is 4.13. The Morgan fingerprint density at radius 1 is 1.47 bits per heavy atom. The van der Waals surface area contributed by atoms with Crippen molar-refractivity contribution in [1.29, 1.82) is 0 Å². The van der Waals surface area contributed by atoms with Crippen LogP contribution < -0.4 is 5.32 Å². The van der Waals surface area contributed by atoms with Crippen molar-refractivity contribution in [2.75, 3.05) is 6.61 Å². The number of hydrogen-bond acceptors (Lipinski definition) is 2. The summed E-state index contributed by atoms with van der Waals surface area (Å²) in [6.07, 6.45) is 2.46. The van der Waals surface area contributed by atoms with Crippen molar-refractivity contribution in [2.24, 2.45) is 0 Å². The van der Waals surface area contributed by atoms with Crippen LogP contribution >= 0.6 is 0 Å². The number of nitrogens with one attached hydrogen (secondary N) is 1. The molecule has 2 atom stereocenters. The van der Waals surface area contributed by atoms with Crippen molar-refractivity contribution in [1.82, 2.24) is 5.32 Å². The second-order valence-corrected chi connectivity index (χ2v) is 4.85. The Bertz CT molecular complexity index is 380. The zero-order chi connectivity index (χ0) is 12.3. The van der Waals surface area contributed by atoms with Gasteiger partial charge in [0.15, 0.2) is 0 Å². The number of ether oxygens (including phenoxy) is 1. The second kappa shape index (κ2) is 5.61. The lowest BCUT2D eigenvalue weighted by Gasteiger charge is -2.28. The molecule has 2 rings (SSSR count). The zero-order valence-electron chi connectivity index (χ0n) is 10.5. The van der Waals surface area contributed by atoms with Crippen LogP contribution in [0, 0.1) is 12.7 Å². The summed E-state index contributed by atoms with van der Waals surface area (Å²) in [6.45, 7) is 5.70. The van der Waals surface area contributed by atoms with Crippen LogP contribution in [0.4, 0.5) is 4.39 Å². The van der Waals surface area contributed by atoms with Gasteiger partial charge in [-0.3, -0.25) is 0 Å². The molecule has 1 aromatic rings. The van der Waals surface area contributed by atoms with Gasteiger partial charge < -0.3 is 10.1 Å². The molecule has 1 aliphatic rings. The maximum atomic E-state index is 13.0. The highest BCUT2D eigenvalue weighted by Crippen LogP contribution is 2.15. The highest BCUT2D eigenvalue weighted by Gasteiger charge is 2.18. The Morgan fingerprint density at radius 2 is 2.29 bits per heavy atom. The SMILES string of the molecule is Cc1cc(F)ccc1CNC1CCOC(C)C1. The van der Waals surface area contributed by atoms with E-state index in [-0.39, 0.29) is 5.82 Å². The molecule has 0 saturated carbocycles. The minimum Gasteiger partial charge on any atom is -0.378 e. The molecule has 0 amide bonds. The van der Waals surface area contributed by atoms with Gasteiger partial charge in [-0.05, 0) is 49.9 Å². The highest BCUT2D eigenvalue weighted by atomic mass is 19.1. The summed E-state index contributed by atoms with van der Waals surface area (Å²) >= 11 is 0. The van der Waals surface area contributed by atoms with Gasteiger partial charge in [0.05, 0.1) is 6.10 Å². The quantitative estimate of drug-likeness (QED) is 0.872. The third-order valence-electron chi connectivity index (χ3n) is 3.37. The summed E-state index contributed by atoms with van der Waals surface area (Å²) < 4.78 is 18.5. The Labute approximate surface area is 102 Å². The third-order valence-corrected chi connectivity index (χ3v) is 3.37. The summed E-state index contributed by atoms with van der Waals surface area (Å²) in [5.41, 5.74) is 2.18. The van der Waals surface area contributed by atoms with E-state index in [4.69, 9.17) is 4.74 Å². The first-order chi connectivity index (χ1) is 8.15. The van der Waals surface area contributed by atoms with E-state index in [0.29, 0.717) is 12.1 Å². The topological polar surface area (TPSA) is 21.3 Å². The Balaban J connectivity index is 1.88. The van der Waals surface area contributed by atoms with E-state index in [1.165, 1.54) is 11.6 Å². The predicted octanol–water partition coefficient (Wildman–Crippen LogP) is 2.79. The minimum atomic E-state index is -0.161. The van der Waals surface area contributed by atoms with Gasteiger partial charge in [-0.15, -0.1) is 0 Å². The first kappa shape index (κ1) is 12.5. The van der Waals surface area contributed by atoms with Crippen molar-refractivity contribution in [2.45, 2.75) is 45.4 Å². The van der Waals surface area contributed by atoms with Gasteiger partial charge in [-0.2, -0.15) is 0 Å². The average Bonchev–Trinajstić information content (AvgIpc) is 2.28. The fraction of sp³-hybridized carbons (Fsp3) is 0.571. The molecule has 94 valence electrons. The summed E-state index contributed by atoms with van der Waals surface area (Å²) in [7, 11) is 0. The molecule has 2 unspecified atom stereocenters. The molecule has 1 aromatic carbocycles. The Morgan fingerprint density at radius 3 is 3.00 bits per heavy atom. The van der Waals surface area contributed by atoms with Gasteiger partial charge in [0.2, 0.25) is 0 Å². The fourth-order valence-electron chi connectivity index (χ4n) is 2.30. The van der Waals surface area contributed by atoms with E-state index < -0.39 is 0 Å². The fourth-order valence-corrected chi connectivity index (χ4v) is 2.30. The van der Waals surface area contributed by atoms with Crippen LogP contribution in [0.3, 0.4) is 0 Å². The van der Waals surface area contributed by atoms with Crippen LogP contribution in [0.15, 0.2) is 18.2 Å². The molecule has 0 bridgehead atoms. The predicted molar refractivity (Wildman–Crippen MR) is 66.4 cm³/mol. The molecule has 1 aliphatic heterocycles. The molecule has 0 radical (unpaired) electrons. The first-order valence-electron chi connectivity index (χ1n) is 6.25. The van der Waals surface area contributed by atoms with Gasteiger partial charge in [-0.1, -0.05) is 6.07 Å². The molecule has 2 nitrogen and oxygen atoms in total. The van der Waals surface area contributed by atoms with Gasteiger partial charge in [0, 0.05) is 19.2 Å². The molecule has 1 saturated heterocycles. The highest BCUT2D eigenvalue weighted by molar-refractivity contribution is 5.26. The molecule has 0 spiro atoms. The summed E-state index contributed by atoms with van der Waals surface area (Å²) in [4.78, 5) is 0. The Hall–Kier alpha value is -0.930. The lowest BCUT2D eigenvalue weighted by atomic mass is 10.0. The number of aryl methyl sites for hydroxylation is 1. The van der Waals surface area contributed by atoms with Crippen LogP contribution in [-0.2, 0) is 11.3 Å². The van der Waals surface area contributed by atoms with E-state index in [1.807, 2.05) is 13.0 Å². The van der Waals surface area contributed by atoms with Crippen molar-refractivity contribution in [3.05, 3.63) is 35.1 Å². The first-order valence-corrected chi connectivity index (χ1v) is 6.25. The van der Waals surface area contributed by atoms with Crippen molar-refractivity contribution >= 4 is 0 Å². The van der Waals surface area contributed by atoms with E-state index in [1.54, 1.807) is 6.07 Å². The summed E-state index contributed by atoms with van der Waals surface area (Å²) in [5.74, 6) is -0.161. The third kappa shape index (κ3) is 3.51. The van der Waals surface area contributed by atoms with Crippen LogP contribution in [0.1, 0.15) is 30.9 Å². The van der Waals surface area contributed by atoms with Gasteiger partial charge in [0.1, 0.15) is 5.82 Å². The number of halogens is 1. The van der Waals surface area contributed by atoms with Crippen LogP contribution in [0.5, 0.6) is 0 Å². The molecule has 1 N–H and O–H groups in total. The van der Waals surface area contributed by atoms with E-state index in [0.717, 1.165) is 31.6 Å². The van der Waals surface area contributed by atoms with E-state index in [2.05, 4.69) is 12.2 Å². The lowest BCUT2D eigenvalue weighted by Crippen LogP contribution is -2.37. The zero-order valence-corrected chi connectivity index (χ0v) is 10.5. The van der Waals surface area contributed by atoms with Crippen molar-refractivity contribution in [3.63, 3.8) is 0 Å². The lowest BCUT2D eigenvalue weighted by molar-refractivity contribution is 0.0130. The number of benzene rings is 1. The molecule has 1 heterocycles. The van der Waals surface area contributed by atoms with Gasteiger partial charge in [-0.25, -0.2) is 4.39 Å². The molecule has 3 heteroatoms.